The minimum atomic E-state index is -0.990. The number of methoxy groups -OCH3 is 1. The molecule has 1 saturated carbocycles. The average Bonchev–Trinajstić information content (AvgIpc) is 2.97. The third-order valence-electron chi connectivity index (χ3n) is 5.06. The van der Waals surface area contributed by atoms with Crippen molar-refractivity contribution in [1.29, 1.82) is 0 Å². The van der Waals surface area contributed by atoms with E-state index >= 15 is 0 Å². The molecule has 1 aliphatic carbocycles. The number of nitrogens with one attached hydrogen (secondary N) is 2. The fourth-order valence-electron chi connectivity index (χ4n) is 3.73. The van der Waals surface area contributed by atoms with E-state index in [4.69, 9.17) is 18.9 Å². The molecule has 8 nitrogen and oxygen atoms in total. The second kappa shape index (κ2) is 7.25. The number of carbonyl (C=O) groups excluding carboxylic acids is 2. The number of hydrogen-bond donors (Lipinski definition) is 2. The van der Waals surface area contributed by atoms with Gasteiger partial charge in [-0.15, -0.1) is 0 Å². The summed E-state index contributed by atoms with van der Waals surface area (Å²) < 4.78 is 21.7. The van der Waals surface area contributed by atoms with Crippen molar-refractivity contribution in [2.24, 2.45) is 0 Å². The molecule has 2 saturated heterocycles. The van der Waals surface area contributed by atoms with E-state index in [2.05, 4.69) is 10.6 Å². The minimum Gasteiger partial charge on any atom is -0.467 e. The summed E-state index contributed by atoms with van der Waals surface area (Å²) in [5.74, 6) is -1.07. The van der Waals surface area contributed by atoms with Crippen molar-refractivity contribution in [2.45, 2.75) is 62.6 Å². The van der Waals surface area contributed by atoms with Crippen molar-refractivity contribution in [3.63, 3.8) is 0 Å². The molecule has 0 aromatic heterocycles. The molecule has 1 spiro atoms. The molecule has 24 heavy (non-hydrogen) atoms. The van der Waals surface area contributed by atoms with Crippen molar-refractivity contribution in [3.8, 4) is 0 Å². The predicted octanol–water partition coefficient (Wildman–Crippen LogP) is 1.04. The summed E-state index contributed by atoms with van der Waals surface area (Å²) in [6, 6.07) is 0. The van der Waals surface area contributed by atoms with Gasteiger partial charge in [0.25, 0.3) is 0 Å². The van der Waals surface area contributed by atoms with Crippen LogP contribution in [0.1, 0.15) is 44.9 Å². The number of hydrogen-bond acceptors (Lipinski definition) is 7. The first-order chi connectivity index (χ1) is 11.6. The Morgan fingerprint density at radius 1 is 1.12 bits per heavy atom. The number of carbonyl (C=O) groups is 2. The number of amides is 1. The zero-order chi connectivity index (χ0) is 17.0. The zero-order valence-corrected chi connectivity index (χ0v) is 14.1. The van der Waals surface area contributed by atoms with Gasteiger partial charge in [-0.05, 0) is 12.8 Å². The largest absolute Gasteiger partial charge is 0.467 e. The quantitative estimate of drug-likeness (QED) is 0.740. The third kappa shape index (κ3) is 3.65. The number of ether oxygens (including phenoxy) is 4. The summed E-state index contributed by atoms with van der Waals surface area (Å²) in [5, 5.41) is 5.96. The highest BCUT2D eigenvalue weighted by Gasteiger charge is 2.46. The molecule has 1 amide bonds. The van der Waals surface area contributed by atoms with Crippen LogP contribution < -0.4 is 10.6 Å². The van der Waals surface area contributed by atoms with Gasteiger partial charge in [0.05, 0.1) is 7.11 Å². The van der Waals surface area contributed by atoms with Gasteiger partial charge in [0, 0.05) is 25.9 Å². The van der Waals surface area contributed by atoms with Gasteiger partial charge in [-0.1, -0.05) is 19.3 Å². The van der Waals surface area contributed by atoms with Gasteiger partial charge in [-0.2, -0.15) is 0 Å². The van der Waals surface area contributed by atoms with Crippen LogP contribution in [0, 0.1) is 0 Å². The Hall–Kier alpha value is -1.38. The summed E-state index contributed by atoms with van der Waals surface area (Å²) in [4.78, 5) is 24.4. The molecule has 1 unspecified atom stereocenters. The minimum absolute atomic E-state index is 0.207. The van der Waals surface area contributed by atoms with Gasteiger partial charge in [0.15, 0.2) is 5.79 Å². The maximum atomic E-state index is 12.3. The van der Waals surface area contributed by atoms with E-state index in [0.717, 1.165) is 45.2 Å². The molecule has 0 aromatic rings. The van der Waals surface area contributed by atoms with Crippen molar-refractivity contribution in [2.75, 3.05) is 26.8 Å². The highest BCUT2D eigenvalue weighted by Crippen LogP contribution is 2.33. The van der Waals surface area contributed by atoms with E-state index < -0.39 is 29.7 Å². The number of alkyl carbamates (subject to hydrolysis) is 1. The van der Waals surface area contributed by atoms with Gasteiger partial charge in [0.2, 0.25) is 6.29 Å². The first-order valence-electron chi connectivity index (χ1n) is 8.67. The van der Waals surface area contributed by atoms with Crippen molar-refractivity contribution < 1.29 is 28.5 Å². The monoisotopic (exact) mass is 342 g/mol. The van der Waals surface area contributed by atoms with E-state index in [1.54, 1.807) is 0 Å². The van der Waals surface area contributed by atoms with Gasteiger partial charge in [0.1, 0.15) is 12.1 Å². The van der Waals surface area contributed by atoms with Crippen molar-refractivity contribution >= 4 is 12.1 Å². The highest BCUT2D eigenvalue weighted by atomic mass is 16.8. The van der Waals surface area contributed by atoms with Crippen LogP contribution in [0.4, 0.5) is 4.79 Å². The van der Waals surface area contributed by atoms with Crippen molar-refractivity contribution in [3.05, 3.63) is 0 Å². The standard InChI is InChI=1S/C16H26N2O6/c1-21-13(19)15(5-3-2-4-6-15)18-14(20)23-12-11-22-16(24-12)7-9-17-10-8-16/h12,17H,2-11H2,1H3,(H,18,20). The fraction of sp³-hybridized carbons (Fsp3) is 0.875. The SMILES string of the molecule is COC(=O)C1(NC(=O)OC2COC3(CCNCC3)O2)CCCCC1. The highest BCUT2D eigenvalue weighted by molar-refractivity contribution is 5.85. The van der Waals surface area contributed by atoms with Crippen LogP contribution in [-0.2, 0) is 23.7 Å². The van der Waals surface area contributed by atoms with Crippen LogP contribution in [0.3, 0.4) is 0 Å². The lowest BCUT2D eigenvalue weighted by atomic mass is 9.82. The molecule has 2 N–H and O–H groups in total. The van der Waals surface area contributed by atoms with Gasteiger partial charge in [-0.25, -0.2) is 9.59 Å². The maximum absolute atomic E-state index is 12.3. The molecular formula is C16H26N2O6. The van der Waals surface area contributed by atoms with Gasteiger partial charge in [-0.3, -0.25) is 0 Å². The van der Waals surface area contributed by atoms with Crippen LogP contribution in [0.5, 0.6) is 0 Å². The summed E-state index contributed by atoms with van der Waals surface area (Å²) in [5.41, 5.74) is -0.990. The number of esters is 1. The van der Waals surface area contributed by atoms with E-state index in [-0.39, 0.29) is 6.61 Å². The Balaban J connectivity index is 1.55. The van der Waals surface area contributed by atoms with Gasteiger partial charge >= 0.3 is 12.1 Å². The van der Waals surface area contributed by atoms with E-state index in [1.165, 1.54) is 7.11 Å². The molecule has 1 atom stereocenters. The van der Waals surface area contributed by atoms with Crippen molar-refractivity contribution in [1.82, 2.24) is 10.6 Å². The lowest BCUT2D eigenvalue weighted by Crippen LogP contribution is -2.56. The Bertz CT molecular complexity index is 471. The molecule has 0 bridgehead atoms. The molecule has 3 aliphatic rings. The lowest BCUT2D eigenvalue weighted by molar-refractivity contribution is -0.210. The summed E-state index contributed by atoms with van der Waals surface area (Å²) in [6.45, 7) is 1.83. The van der Waals surface area contributed by atoms with E-state index in [0.29, 0.717) is 12.8 Å². The molecule has 2 heterocycles. The van der Waals surface area contributed by atoms with Crippen LogP contribution in [-0.4, -0.2) is 56.5 Å². The zero-order valence-electron chi connectivity index (χ0n) is 14.1. The molecule has 8 heteroatoms. The normalized spacial score (nSPS) is 28.3. The molecule has 3 rings (SSSR count). The van der Waals surface area contributed by atoms with Crippen LogP contribution >= 0.6 is 0 Å². The van der Waals surface area contributed by atoms with Crippen LogP contribution in [0.15, 0.2) is 0 Å². The number of rotatable bonds is 3. The molecule has 2 aliphatic heterocycles. The lowest BCUT2D eigenvalue weighted by Gasteiger charge is -2.35. The summed E-state index contributed by atoms with van der Waals surface area (Å²) >= 11 is 0. The topological polar surface area (TPSA) is 95.1 Å². The average molecular weight is 342 g/mol. The Morgan fingerprint density at radius 3 is 2.50 bits per heavy atom. The Kier molecular flexibility index (Phi) is 5.27. The van der Waals surface area contributed by atoms with Crippen LogP contribution in [0.25, 0.3) is 0 Å². The predicted molar refractivity (Wildman–Crippen MR) is 83.1 cm³/mol. The van der Waals surface area contributed by atoms with Crippen LogP contribution in [0.2, 0.25) is 0 Å². The van der Waals surface area contributed by atoms with E-state index in [9.17, 15) is 9.59 Å². The Labute approximate surface area is 141 Å². The molecule has 3 fully saturated rings. The second-order valence-electron chi connectivity index (χ2n) is 6.68. The smallest absolute Gasteiger partial charge is 0.410 e. The molecule has 136 valence electrons. The first-order valence-corrected chi connectivity index (χ1v) is 8.67. The first kappa shape index (κ1) is 17.4. The molecular weight excluding hydrogens is 316 g/mol. The fourth-order valence-corrected chi connectivity index (χ4v) is 3.73. The van der Waals surface area contributed by atoms with E-state index in [1.807, 2.05) is 0 Å². The summed E-state index contributed by atoms with van der Waals surface area (Å²) in [7, 11) is 1.33. The second-order valence-corrected chi connectivity index (χ2v) is 6.68. The van der Waals surface area contributed by atoms with Gasteiger partial charge < -0.3 is 29.6 Å². The summed E-state index contributed by atoms with van der Waals surface area (Å²) in [6.07, 6.45) is 3.94. The number of piperidine rings is 1. The third-order valence-corrected chi connectivity index (χ3v) is 5.06. The Morgan fingerprint density at radius 2 is 1.83 bits per heavy atom. The molecule has 0 aromatic carbocycles. The maximum Gasteiger partial charge on any atom is 0.410 e. The molecule has 0 radical (unpaired) electrons.